The molecule has 0 radical (unpaired) electrons. The van der Waals surface area contributed by atoms with Gasteiger partial charge in [-0.25, -0.2) is 0 Å². The van der Waals surface area contributed by atoms with E-state index in [1.165, 1.54) is 12.1 Å². The lowest BCUT2D eigenvalue weighted by atomic mass is 9.89. The van der Waals surface area contributed by atoms with Gasteiger partial charge < -0.3 is 15.5 Å². The van der Waals surface area contributed by atoms with Crippen molar-refractivity contribution in [3.8, 4) is 0 Å². The summed E-state index contributed by atoms with van der Waals surface area (Å²) in [5.74, 6) is 0. The van der Waals surface area contributed by atoms with E-state index in [-0.39, 0.29) is 22.8 Å². The molecular formula is C17H24F3N3S. The van der Waals surface area contributed by atoms with E-state index in [4.69, 9.17) is 12.2 Å². The van der Waals surface area contributed by atoms with Crippen LogP contribution in [0, 0.1) is 0 Å². The highest BCUT2D eigenvalue weighted by molar-refractivity contribution is 7.80. The number of thiocarbonyl (C=S) groups is 1. The van der Waals surface area contributed by atoms with Gasteiger partial charge in [-0.1, -0.05) is 43.2 Å². The Morgan fingerprint density at radius 1 is 1.17 bits per heavy atom. The third kappa shape index (κ3) is 5.08. The second-order valence-corrected chi connectivity index (χ2v) is 6.83. The molecule has 0 spiro atoms. The largest absolute Gasteiger partial charge is 0.412 e. The molecule has 3 nitrogen and oxygen atoms in total. The summed E-state index contributed by atoms with van der Waals surface area (Å²) in [6, 6.07) is 6.33. The zero-order valence-corrected chi connectivity index (χ0v) is 14.8. The molecule has 7 heteroatoms. The lowest BCUT2D eigenvalue weighted by Crippen LogP contribution is -2.54. The molecule has 1 aromatic rings. The van der Waals surface area contributed by atoms with Gasteiger partial charge in [-0.2, -0.15) is 13.2 Å². The summed E-state index contributed by atoms with van der Waals surface area (Å²) in [4.78, 5) is 2.11. The van der Waals surface area contributed by atoms with E-state index < -0.39 is 12.2 Å². The zero-order chi connectivity index (χ0) is 17.7. The van der Waals surface area contributed by atoms with Crippen molar-refractivity contribution in [2.75, 3.05) is 14.1 Å². The van der Waals surface area contributed by atoms with Crippen LogP contribution in [0.1, 0.15) is 37.3 Å². The number of nitrogens with zero attached hydrogens (tertiary/aromatic N) is 1. The Morgan fingerprint density at radius 2 is 1.79 bits per heavy atom. The fourth-order valence-electron chi connectivity index (χ4n) is 3.24. The maximum absolute atomic E-state index is 13.4. The van der Waals surface area contributed by atoms with Gasteiger partial charge in [-0.15, -0.1) is 0 Å². The Balaban J connectivity index is 2.05. The van der Waals surface area contributed by atoms with E-state index in [1.807, 2.05) is 14.1 Å². The zero-order valence-electron chi connectivity index (χ0n) is 13.9. The highest BCUT2D eigenvalue weighted by Crippen LogP contribution is 2.32. The van der Waals surface area contributed by atoms with Crippen molar-refractivity contribution in [1.29, 1.82) is 0 Å². The summed E-state index contributed by atoms with van der Waals surface area (Å²) in [5.41, 5.74) is 0.155. The lowest BCUT2D eigenvalue weighted by Gasteiger charge is -2.37. The molecule has 1 aromatic carbocycles. The van der Waals surface area contributed by atoms with Crippen LogP contribution < -0.4 is 10.6 Å². The molecule has 0 saturated heterocycles. The summed E-state index contributed by atoms with van der Waals surface area (Å²) < 4.78 is 40.2. The summed E-state index contributed by atoms with van der Waals surface area (Å²) in [6.07, 6.45) is -0.287. The van der Waals surface area contributed by atoms with Crippen molar-refractivity contribution in [3.63, 3.8) is 0 Å². The van der Waals surface area contributed by atoms with Crippen molar-refractivity contribution in [2.24, 2.45) is 0 Å². The number of benzene rings is 1. The Labute approximate surface area is 146 Å². The van der Waals surface area contributed by atoms with Crippen LogP contribution in [0.25, 0.3) is 0 Å². The summed E-state index contributed by atoms with van der Waals surface area (Å²) in [5, 5.41) is 5.61. The highest BCUT2D eigenvalue weighted by Gasteiger charge is 2.41. The number of nitrogens with one attached hydrogen (secondary N) is 2. The number of hydrogen-bond donors (Lipinski definition) is 2. The van der Waals surface area contributed by atoms with Gasteiger partial charge in [-0.05, 0) is 44.7 Å². The van der Waals surface area contributed by atoms with Gasteiger partial charge >= 0.3 is 6.18 Å². The second-order valence-electron chi connectivity index (χ2n) is 6.43. The van der Waals surface area contributed by atoms with Crippen molar-refractivity contribution in [1.82, 2.24) is 15.5 Å². The first-order valence-corrected chi connectivity index (χ1v) is 8.55. The molecular weight excluding hydrogens is 335 g/mol. The van der Waals surface area contributed by atoms with Gasteiger partial charge in [0.1, 0.15) is 6.04 Å². The first-order valence-electron chi connectivity index (χ1n) is 8.14. The molecule has 0 heterocycles. The number of alkyl halides is 3. The number of hydrogen-bond acceptors (Lipinski definition) is 2. The van der Waals surface area contributed by atoms with E-state index in [1.54, 1.807) is 18.2 Å². The molecule has 0 aromatic heterocycles. The molecule has 0 amide bonds. The smallest absolute Gasteiger partial charge is 0.358 e. The van der Waals surface area contributed by atoms with Crippen molar-refractivity contribution >= 4 is 17.3 Å². The average Bonchev–Trinajstić information content (AvgIpc) is 2.52. The summed E-state index contributed by atoms with van der Waals surface area (Å²) >= 11 is 5.18. The highest BCUT2D eigenvalue weighted by atomic mass is 32.1. The van der Waals surface area contributed by atoms with E-state index in [9.17, 15) is 13.2 Å². The van der Waals surface area contributed by atoms with Crippen LogP contribution in [-0.2, 0) is 0 Å². The van der Waals surface area contributed by atoms with Crippen LogP contribution >= 0.6 is 12.2 Å². The van der Waals surface area contributed by atoms with Crippen molar-refractivity contribution in [2.45, 2.75) is 50.0 Å². The monoisotopic (exact) mass is 359 g/mol. The molecule has 0 aliphatic heterocycles. The predicted molar refractivity (Wildman–Crippen MR) is 93.8 cm³/mol. The standard InChI is InChI=1S/C17H24F3N3S/c1-23(2)14-11-7-6-10-13(14)21-16(24)22-15(17(18,19)20)12-8-4-3-5-9-12/h3-5,8-9,13-15H,6-7,10-11H2,1-2H3,(H2,21,22,24)/t13-,14-,15-/m1/s1. The third-order valence-corrected chi connectivity index (χ3v) is 4.68. The molecule has 0 unspecified atom stereocenters. The topological polar surface area (TPSA) is 27.3 Å². The first kappa shape index (κ1) is 19.0. The summed E-state index contributed by atoms with van der Waals surface area (Å²) in [7, 11) is 3.98. The first-order chi connectivity index (χ1) is 11.3. The Kier molecular flexibility index (Phi) is 6.46. The van der Waals surface area contributed by atoms with Crippen LogP contribution in [0.4, 0.5) is 13.2 Å². The maximum Gasteiger partial charge on any atom is 0.412 e. The van der Waals surface area contributed by atoms with E-state index >= 15 is 0 Å². The third-order valence-electron chi connectivity index (χ3n) is 4.44. The molecule has 1 aliphatic carbocycles. The van der Waals surface area contributed by atoms with Gasteiger partial charge in [-0.3, -0.25) is 0 Å². The van der Waals surface area contributed by atoms with Gasteiger partial charge in [0, 0.05) is 12.1 Å². The molecule has 1 aliphatic rings. The fraction of sp³-hybridized carbons (Fsp3) is 0.588. The fourth-order valence-corrected chi connectivity index (χ4v) is 3.51. The van der Waals surface area contributed by atoms with Gasteiger partial charge in [0.15, 0.2) is 5.11 Å². The van der Waals surface area contributed by atoms with E-state index in [2.05, 4.69) is 15.5 Å². The molecule has 2 rings (SSSR count). The maximum atomic E-state index is 13.4. The number of rotatable bonds is 4. The molecule has 1 fully saturated rings. The van der Waals surface area contributed by atoms with Crippen LogP contribution in [0.15, 0.2) is 30.3 Å². The van der Waals surface area contributed by atoms with Gasteiger partial charge in [0.25, 0.3) is 0 Å². The number of halogens is 3. The Hall–Kier alpha value is -1.34. The van der Waals surface area contributed by atoms with Crippen LogP contribution in [-0.4, -0.2) is 42.4 Å². The second kappa shape index (κ2) is 8.16. The average molecular weight is 359 g/mol. The molecule has 1 saturated carbocycles. The van der Waals surface area contributed by atoms with Gasteiger partial charge in [0.2, 0.25) is 0 Å². The van der Waals surface area contributed by atoms with Crippen LogP contribution in [0.3, 0.4) is 0 Å². The van der Waals surface area contributed by atoms with E-state index in [0.717, 1.165) is 25.7 Å². The van der Waals surface area contributed by atoms with Crippen molar-refractivity contribution in [3.05, 3.63) is 35.9 Å². The Bertz CT molecular complexity index is 534. The molecule has 2 N–H and O–H groups in total. The summed E-state index contributed by atoms with van der Waals surface area (Å²) in [6.45, 7) is 0. The Morgan fingerprint density at radius 3 is 2.38 bits per heavy atom. The van der Waals surface area contributed by atoms with Crippen LogP contribution in [0.2, 0.25) is 0 Å². The quantitative estimate of drug-likeness (QED) is 0.803. The minimum atomic E-state index is -4.42. The minimum Gasteiger partial charge on any atom is -0.358 e. The molecule has 3 atom stereocenters. The van der Waals surface area contributed by atoms with E-state index in [0.29, 0.717) is 0 Å². The number of likely N-dealkylation sites (N-methyl/N-ethyl adjacent to an activating group) is 1. The minimum absolute atomic E-state index is 0.0555. The molecule has 24 heavy (non-hydrogen) atoms. The predicted octanol–water partition coefficient (Wildman–Crippen LogP) is 3.63. The normalized spacial score (nSPS) is 22.9. The SMILES string of the molecule is CN(C)[C@@H]1CCCC[C@H]1NC(=S)N[C@H](c1ccccc1)C(F)(F)F. The molecule has 134 valence electrons. The van der Waals surface area contributed by atoms with Crippen molar-refractivity contribution < 1.29 is 13.2 Å². The van der Waals surface area contributed by atoms with Crippen LogP contribution in [0.5, 0.6) is 0 Å². The van der Waals surface area contributed by atoms with Gasteiger partial charge in [0.05, 0.1) is 0 Å². The lowest BCUT2D eigenvalue weighted by molar-refractivity contribution is -0.154. The molecule has 0 bridgehead atoms.